The standard InChI is InChI=1S/C16H17NO3/c18-16(19)14-7-9-20-15(14)11-17-8-3-6-12-4-1-2-5-13(12)10-17/h1-2,4-5,7,9H,3,6,8,10-11H2,(H,18,19). The molecule has 0 saturated heterocycles. The van der Waals surface area contributed by atoms with Crippen LogP contribution >= 0.6 is 0 Å². The van der Waals surface area contributed by atoms with E-state index in [0.717, 1.165) is 25.9 Å². The predicted molar refractivity (Wildman–Crippen MR) is 74.5 cm³/mol. The second-order valence-corrected chi connectivity index (χ2v) is 5.15. The van der Waals surface area contributed by atoms with Crippen molar-refractivity contribution in [3.63, 3.8) is 0 Å². The molecule has 1 aromatic carbocycles. The molecule has 3 rings (SSSR count). The molecule has 104 valence electrons. The lowest BCUT2D eigenvalue weighted by Crippen LogP contribution is -2.23. The van der Waals surface area contributed by atoms with Crippen molar-refractivity contribution in [2.45, 2.75) is 25.9 Å². The molecule has 1 aliphatic rings. The van der Waals surface area contributed by atoms with Gasteiger partial charge < -0.3 is 9.52 Å². The normalized spacial score (nSPS) is 15.6. The van der Waals surface area contributed by atoms with Gasteiger partial charge in [0.2, 0.25) is 0 Å². The van der Waals surface area contributed by atoms with Crippen LogP contribution in [0.25, 0.3) is 0 Å². The zero-order valence-electron chi connectivity index (χ0n) is 11.2. The number of carboxylic acids is 1. The van der Waals surface area contributed by atoms with E-state index in [9.17, 15) is 4.79 Å². The molecule has 4 nitrogen and oxygen atoms in total. The van der Waals surface area contributed by atoms with Gasteiger partial charge in [0.15, 0.2) is 0 Å². The largest absolute Gasteiger partial charge is 0.478 e. The molecule has 1 aromatic heterocycles. The third-order valence-electron chi connectivity index (χ3n) is 3.78. The van der Waals surface area contributed by atoms with Gasteiger partial charge in [0, 0.05) is 6.54 Å². The second-order valence-electron chi connectivity index (χ2n) is 5.15. The third kappa shape index (κ3) is 2.60. The summed E-state index contributed by atoms with van der Waals surface area (Å²) in [6.07, 6.45) is 3.61. The van der Waals surface area contributed by atoms with Gasteiger partial charge in [-0.3, -0.25) is 4.90 Å². The van der Waals surface area contributed by atoms with Crippen LogP contribution in [0.4, 0.5) is 0 Å². The molecule has 0 amide bonds. The maximum absolute atomic E-state index is 11.1. The molecule has 2 heterocycles. The maximum Gasteiger partial charge on any atom is 0.339 e. The molecule has 0 radical (unpaired) electrons. The highest BCUT2D eigenvalue weighted by molar-refractivity contribution is 5.88. The second kappa shape index (κ2) is 5.51. The van der Waals surface area contributed by atoms with Crippen molar-refractivity contribution >= 4 is 5.97 Å². The first kappa shape index (κ1) is 12.9. The van der Waals surface area contributed by atoms with Gasteiger partial charge in [0.1, 0.15) is 11.3 Å². The average molecular weight is 271 g/mol. The fourth-order valence-electron chi connectivity index (χ4n) is 2.76. The number of carboxylic acid groups (broad SMARTS) is 1. The molecule has 0 saturated carbocycles. The Balaban J connectivity index is 1.78. The van der Waals surface area contributed by atoms with Crippen molar-refractivity contribution in [2.24, 2.45) is 0 Å². The van der Waals surface area contributed by atoms with Crippen molar-refractivity contribution in [1.82, 2.24) is 4.90 Å². The number of nitrogens with zero attached hydrogens (tertiary/aromatic N) is 1. The average Bonchev–Trinajstić information content (AvgIpc) is 2.79. The zero-order valence-corrected chi connectivity index (χ0v) is 11.2. The minimum absolute atomic E-state index is 0.266. The number of aromatic carboxylic acids is 1. The van der Waals surface area contributed by atoms with E-state index < -0.39 is 5.97 Å². The molecule has 2 aromatic rings. The Morgan fingerprint density at radius 3 is 2.85 bits per heavy atom. The highest BCUT2D eigenvalue weighted by Crippen LogP contribution is 2.21. The molecule has 0 bridgehead atoms. The fraction of sp³-hybridized carbons (Fsp3) is 0.312. The van der Waals surface area contributed by atoms with Crippen LogP contribution in [0.15, 0.2) is 41.0 Å². The summed E-state index contributed by atoms with van der Waals surface area (Å²) in [5.74, 6) is -0.388. The van der Waals surface area contributed by atoms with Crippen LogP contribution in [0.1, 0.15) is 33.7 Å². The quantitative estimate of drug-likeness (QED) is 0.932. The van der Waals surface area contributed by atoms with Crippen molar-refractivity contribution in [3.05, 3.63) is 59.0 Å². The Labute approximate surface area is 117 Å². The summed E-state index contributed by atoms with van der Waals surface area (Å²) in [6.45, 7) is 2.34. The van der Waals surface area contributed by atoms with Crippen LogP contribution < -0.4 is 0 Å². The van der Waals surface area contributed by atoms with Gasteiger partial charge in [-0.2, -0.15) is 0 Å². The zero-order chi connectivity index (χ0) is 13.9. The topological polar surface area (TPSA) is 53.7 Å². The summed E-state index contributed by atoms with van der Waals surface area (Å²) in [6, 6.07) is 9.97. The Morgan fingerprint density at radius 1 is 1.25 bits per heavy atom. The summed E-state index contributed by atoms with van der Waals surface area (Å²) >= 11 is 0. The van der Waals surface area contributed by atoms with Crippen molar-refractivity contribution in [1.29, 1.82) is 0 Å². The Hall–Kier alpha value is -2.07. The molecule has 1 aliphatic heterocycles. The van der Waals surface area contributed by atoms with Gasteiger partial charge in [-0.05, 0) is 36.6 Å². The third-order valence-corrected chi connectivity index (χ3v) is 3.78. The first-order valence-corrected chi connectivity index (χ1v) is 6.83. The monoisotopic (exact) mass is 271 g/mol. The molecular formula is C16H17NO3. The lowest BCUT2D eigenvalue weighted by Gasteiger charge is -2.19. The Bertz CT molecular complexity index is 618. The fourth-order valence-corrected chi connectivity index (χ4v) is 2.76. The van der Waals surface area contributed by atoms with Gasteiger partial charge in [-0.1, -0.05) is 24.3 Å². The summed E-state index contributed by atoms with van der Waals surface area (Å²) in [5, 5.41) is 9.12. The van der Waals surface area contributed by atoms with E-state index in [1.807, 2.05) is 0 Å². The summed E-state index contributed by atoms with van der Waals surface area (Å²) in [7, 11) is 0. The predicted octanol–water partition coefficient (Wildman–Crippen LogP) is 2.93. The first-order chi connectivity index (χ1) is 9.74. The van der Waals surface area contributed by atoms with Crippen molar-refractivity contribution in [2.75, 3.05) is 6.54 Å². The van der Waals surface area contributed by atoms with Crippen LogP contribution in [0.5, 0.6) is 0 Å². The first-order valence-electron chi connectivity index (χ1n) is 6.83. The number of furan rings is 1. The van der Waals surface area contributed by atoms with Crippen LogP contribution in [-0.4, -0.2) is 22.5 Å². The van der Waals surface area contributed by atoms with E-state index in [1.54, 1.807) is 0 Å². The molecule has 0 aliphatic carbocycles. The molecule has 0 unspecified atom stereocenters. The van der Waals surface area contributed by atoms with Gasteiger partial charge in [0.05, 0.1) is 12.8 Å². The van der Waals surface area contributed by atoms with Crippen LogP contribution in [0.3, 0.4) is 0 Å². The molecular weight excluding hydrogens is 254 g/mol. The minimum Gasteiger partial charge on any atom is -0.478 e. The molecule has 0 fully saturated rings. The number of hydrogen-bond donors (Lipinski definition) is 1. The summed E-state index contributed by atoms with van der Waals surface area (Å²) in [4.78, 5) is 13.4. The highest BCUT2D eigenvalue weighted by Gasteiger charge is 2.19. The van der Waals surface area contributed by atoms with Crippen LogP contribution in [-0.2, 0) is 19.5 Å². The van der Waals surface area contributed by atoms with E-state index in [1.165, 1.54) is 23.5 Å². The van der Waals surface area contributed by atoms with E-state index in [-0.39, 0.29) is 5.56 Å². The summed E-state index contributed by atoms with van der Waals surface area (Å²) < 4.78 is 5.33. The number of hydrogen-bond acceptors (Lipinski definition) is 3. The van der Waals surface area contributed by atoms with Gasteiger partial charge in [-0.15, -0.1) is 0 Å². The van der Waals surface area contributed by atoms with Gasteiger partial charge >= 0.3 is 5.97 Å². The highest BCUT2D eigenvalue weighted by atomic mass is 16.4. The molecule has 20 heavy (non-hydrogen) atoms. The minimum atomic E-state index is -0.927. The number of rotatable bonds is 3. The number of aryl methyl sites for hydroxylation is 1. The van der Waals surface area contributed by atoms with Crippen LogP contribution in [0.2, 0.25) is 0 Å². The molecule has 0 spiro atoms. The Morgan fingerprint density at radius 2 is 2.05 bits per heavy atom. The van der Waals surface area contributed by atoms with E-state index >= 15 is 0 Å². The summed E-state index contributed by atoms with van der Waals surface area (Å²) in [5.41, 5.74) is 2.99. The van der Waals surface area contributed by atoms with E-state index in [4.69, 9.17) is 9.52 Å². The lowest BCUT2D eigenvalue weighted by atomic mass is 10.0. The number of carbonyl (C=O) groups is 1. The van der Waals surface area contributed by atoms with Crippen molar-refractivity contribution < 1.29 is 14.3 Å². The SMILES string of the molecule is O=C(O)c1ccoc1CN1CCCc2ccccc2C1. The number of fused-ring (bicyclic) bond motifs is 1. The van der Waals surface area contributed by atoms with E-state index in [2.05, 4.69) is 29.2 Å². The van der Waals surface area contributed by atoms with Crippen LogP contribution in [0, 0.1) is 0 Å². The lowest BCUT2D eigenvalue weighted by molar-refractivity contribution is 0.0692. The molecule has 4 heteroatoms. The molecule has 1 N–H and O–H groups in total. The molecule has 0 atom stereocenters. The van der Waals surface area contributed by atoms with E-state index in [0.29, 0.717) is 12.3 Å². The Kier molecular flexibility index (Phi) is 3.56. The van der Waals surface area contributed by atoms with Crippen molar-refractivity contribution in [3.8, 4) is 0 Å². The van der Waals surface area contributed by atoms with Gasteiger partial charge in [-0.25, -0.2) is 4.79 Å². The maximum atomic E-state index is 11.1. The number of benzene rings is 1. The smallest absolute Gasteiger partial charge is 0.339 e. The van der Waals surface area contributed by atoms with Gasteiger partial charge in [0.25, 0.3) is 0 Å².